The lowest BCUT2D eigenvalue weighted by molar-refractivity contribution is 0.229. The fourth-order valence-electron chi connectivity index (χ4n) is 1.91. The number of nitrogens with zero attached hydrogens (tertiary/aromatic N) is 1. The average Bonchev–Trinajstić information content (AvgIpc) is 2.72. The van der Waals surface area contributed by atoms with E-state index in [2.05, 4.69) is 23.2 Å². The molecule has 2 aromatic rings. The molecular weight excluding hydrogens is 218 g/mol. The number of benzene rings is 1. The van der Waals surface area contributed by atoms with Gasteiger partial charge in [-0.25, -0.2) is 4.98 Å². The number of allylic oxidation sites excluding steroid dienone is 1. The van der Waals surface area contributed by atoms with Crippen molar-refractivity contribution in [2.45, 2.75) is 25.4 Å². The van der Waals surface area contributed by atoms with E-state index in [4.69, 9.17) is 4.74 Å². The molecule has 1 aromatic carbocycles. The zero-order valence-electron chi connectivity index (χ0n) is 8.93. The van der Waals surface area contributed by atoms with Gasteiger partial charge in [0.2, 0.25) is 0 Å². The van der Waals surface area contributed by atoms with Crippen molar-refractivity contribution >= 4 is 21.6 Å². The molecule has 16 heavy (non-hydrogen) atoms. The first-order valence-electron chi connectivity index (χ1n) is 5.61. The van der Waals surface area contributed by atoms with Gasteiger partial charge in [0.15, 0.2) is 0 Å². The summed E-state index contributed by atoms with van der Waals surface area (Å²) in [5, 5.41) is 0.790. The van der Waals surface area contributed by atoms with E-state index in [1.54, 1.807) is 11.3 Å². The van der Waals surface area contributed by atoms with Gasteiger partial charge in [-0.05, 0) is 37.5 Å². The maximum atomic E-state index is 5.86. The summed E-state index contributed by atoms with van der Waals surface area (Å²) in [5.41, 5.74) is 1.03. The second-order valence-corrected chi connectivity index (χ2v) is 4.96. The summed E-state index contributed by atoms with van der Waals surface area (Å²) < 4.78 is 7.05. The monoisotopic (exact) mass is 231 g/mol. The van der Waals surface area contributed by atoms with Crippen molar-refractivity contribution in [2.24, 2.45) is 0 Å². The van der Waals surface area contributed by atoms with Crippen LogP contribution < -0.4 is 4.74 Å². The smallest absolute Gasteiger partial charge is 0.274 e. The van der Waals surface area contributed by atoms with Gasteiger partial charge in [-0.2, -0.15) is 0 Å². The third-order valence-electron chi connectivity index (χ3n) is 2.74. The van der Waals surface area contributed by atoms with Crippen LogP contribution in [0.1, 0.15) is 19.3 Å². The fraction of sp³-hybridized carbons (Fsp3) is 0.308. The van der Waals surface area contributed by atoms with Crippen molar-refractivity contribution in [3.05, 3.63) is 36.4 Å². The molecule has 1 aliphatic rings. The van der Waals surface area contributed by atoms with Crippen LogP contribution >= 0.6 is 11.3 Å². The lowest BCUT2D eigenvalue weighted by Gasteiger charge is -2.15. The predicted molar refractivity (Wildman–Crippen MR) is 67.0 cm³/mol. The second-order valence-electron chi connectivity index (χ2n) is 3.96. The summed E-state index contributed by atoms with van der Waals surface area (Å²) in [6.07, 6.45) is 8.06. The third kappa shape index (κ3) is 1.95. The Morgan fingerprint density at radius 1 is 1.31 bits per heavy atom. The molecule has 2 nitrogen and oxygen atoms in total. The first kappa shape index (κ1) is 9.85. The summed E-state index contributed by atoms with van der Waals surface area (Å²) in [4.78, 5) is 4.47. The molecule has 0 spiro atoms. The van der Waals surface area contributed by atoms with Gasteiger partial charge in [-0.1, -0.05) is 29.5 Å². The number of hydrogen-bond acceptors (Lipinski definition) is 3. The minimum absolute atomic E-state index is 0.217. The molecule has 1 heterocycles. The van der Waals surface area contributed by atoms with Crippen LogP contribution in [0.3, 0.4) is 0 Å². The quantitative estimate of drug-likeness (QED) is 0.734. The molecule has 0 aliphatic heterocycles. The molecule has 0 bridgehead atoms. The number of thiazole rings is 1. The highest BCUT2D eigenvalue weighted by Gasteiger charge is 2.12. The SMILES string of the molecule is C1=CC(Oc2nc3ccccc3s2)CCC1. The van der Waals surface area contributed by atoms with Gasteiger partial charge in [-0.15, -0.1) is 0 Å². The second kappa shape index (κ2) is 4.26. The molecule has 3 heteroatoms. The van der Waals surface area contributed by atoms with Gasteiger partial charge < -0.3 is 4.74 Å². The average molecular weight is 231 g/mol. The molecule has 82 valence electrons. The van der Waals surface area contributed by atoms with E-state index in [0.29, 0.717) is 0 Å². The fourth-order valence-corrected chi connectivity index (χ4v) is 2.78. The molecule has 0 radical (unpaired) electrons. The molecule has 1 aliphatic carbocycles. The van der Waals surface area contributed by atoms with Crippen LogP contribution in [-0.4, -0.2) is 11.1 Å². The van der Waals surface area contributed by atoms with E-state index in [9.17, 15) is 0 Å². The maximum Gasteiger partial charge on any atom is 0.274 e. The van der Waals surface area contributed by atoms with E-state index < -0.39 is 0 Å². The van der Waals surface area contributed by atoms with Crippen molar-refractivity contribution < 1.29 is 4.74 Å². The largest absolute Gasteiger partial charge is 0.462 e. The maximum absolute atomic E-state index is 5.86. The number of ether oxygens (including phenoxy) is 1. The standard InChI is InChI=1S/C13H13NOS/c1-2-6-10(7-3-1)15-13-14-11-8-4-5-9-12(11)16-13/h2,4-6,8-10H,1,3,7H2. The molecular formula is C13H13NOS. The van der Waals surface area contributed by atoms with Gasteiger partial charge in [0.25, 0.3) is 5.19 Å². The lowest BCUT2D eigenvalue weighted by atomic mass is 10.1. The molecule has 3 rings (SSSR count). The van der Waals surface area contributed by atoms with E-state index in [1.165, 1.54) is 17.5 Å². The highest BCUT2D eigenvalue weighted by Crippen LogP contribution is 2.29. The first-order chi connectivity index (χ1) is 7.92. The number of rotatable bonds is 2. The van der Waals surface area contributed by atoms with Crippen molar-refractivity contribution in [2.75, 3.05) is 0 Å². The van der Waals surface area contributed by atoms with Crippen molar-refractivity contribution in [3.63, 3.8) is 0 Å². The summed E-state index contributed by atoms with van der Waals surface area (Å²) in [7, 11) is 0. The summed E-state index contributed by atoms with van der Waals surface area (Å²) in [6.45, 7) is 0. The van der Waals surface area contributed by atoms with Crippen LogP contribution in [0.2, 0.25) is 0 Å². The topological polar surface area (TPSA) is 22.1 Å². The van der Waals surface area contributed by atoms with Gasteiger partial charge in [-0.3, -0.25) is 0 Å². The molecule has 0 saturated heterocycles. The molecule has 0 N–H and O–H groups in total. The molecule has 0 fully saturated rings. The normalized spacial score (nSPS) is 20.1. The highest BCUT2D eigenvalue weighted by molar-refractivity contribution is 7.20. The van der Waals surface area contributed by atoms with Gasteiger partial charge in [0, 0.05) is 0 Å². The Bertz CT molecular complexity index is 484. The Hall–Kier alpha value is -1.35. The molecule has 1 atom stereocenters. The van der Waals surface area contributed by atoms with Crippen LogP contribution in [0.15, 0.2) is 36.4 Å². The third-order valence-corrected chi connectivity index (χ3v) is 3.66. The van der Waals surface area contributed by atoms with E-state index >= 15 is 0 Å². The van der Waals surface area contributed by atoms with E-state index in [-0.39, 0.29) is 6.10 Å². The highest BCUT2D eigenvalue weighted by atomic mass is 32.1. The van der Waals surface area contributed by atoms with Gasteiger partial charge >= 0.3 is 0 Å². The van der Waals surface area contributed by atoms with Gasteiger partial charge in [0.05, 0.1) is 10.2 Å². The molecule has 0 amide bonds. The molecule has 1 aromatic heterocycles. The van der Waals surface area contributed by atoms with Crippen LogP contribution in [0.4, 0.5) is 0 Å². The minimum atomic E-state index is 0.217. The number of hydrogen-bond donors (Lipinski definition) is 0. The van der Waals surface area contributed by atoms with E-state index in [1.807, 2.05) is 18.2 Å². The van der Waals surface area contributed by atoms with Crippen LogP contribution in [-0.2, 0) is 0 Å². The molecule has 1 unspecified atom stereocenters. The van der Waals surface area contributed by atoms with Crippen LogP contribution in [0.5, 0.6) is 5.19 Å². The van der Waals surface area contributed by atoms with Crippen molar-refractivity contribution in [3.8, 4) is 5.19 Å². The van der Waals surface area contributed by atoms with Crippen molar-refractivity contribution in [1.29, 1.82) is 0 Å². The Morgan fingerprint density at radius 3 is 3.06 bits per heavy atom. The number of fused-ring (bicyclic) bond motifs is 1. The zero-order chi connectivity index (χ0) is 10.8. The summed E-state index contributed by atoms with van der Waals surface area (Å²) in [6, 6.07) is 8.14. The van der Waals surface area contributed by atoms with Crippen LogP contribution in [0, 0.1) is 0 Å². The minimum Gasteiger partial charge on any atom is -0.462 e. The molecule has 0 saturated carbocycles. The summed E-state index contributed by atoms with van der Waals surface area (Å²) >= 11 is 1.62. The lowest BCUT2D eigenvalue weighted by Crippen LogP contribution is -2.15. The summed E-state index contributed by atoms with van der Waals surface area (Å²) in [5.74, 6) is 0. The number of aromatic nitrogens is 1. The van der Waals surface area contributed by atoms with E-state index in [0.717, 1.165) is 17.1 Å². The Morgan fingerprint density at radius 2 is 2.25 bits per heavy atom. The van der Waals surface area contributed by atoms with Gasteiger partial charge in [0.1, 0.15) is 6.10 Å². The zero-order valence-corrected chi connectivity index (χ0v) is 9.74. The van der Waals surface area contributed by atoms with Crippen LogP contribution in [0.25, 0.3) is 10.2 Å². The Balaban J connectivity index is 1.83. The first-order valence-corrected chi connectivity index (χ1v) is 6.42. The Kier molecular flexibility index (Phi) is 2.62. The Labute approximate surface area is 98.6 Å². The number of para-hydroxylation sites is 1. The van der Waals surface area contributed by atoms with Crippen molar-refractivity contribution in [1.82, 2.24) is 4.98 Å². The predicted octanol–water partition coefficient (Wildman–Crippen LogP) is 3.78.